The van der Waals surface area contributed by atoms with E-state index < -0.39 is 58.1 Å². The van der Waals surface area contributed by atoms with E-state index in [0.29, 0.717) is 18.2 Å². The van der Waals surface area contributed by atoms with Gasteiger partial charge >= 0.3 is 18.3 Å². The first-order valence-corrected chi connectivity index (χ1v) is 7.96. The molecule has 29 heavy (non-hydrogen) atoms. The summed E-state index contributed by atoms with van der Waals surface area (Å²) < 4.78 is 93.7. The Hall–Kier alpha value is -2.75. The fraction of sp³-hybridized carbons (Fsp3) is 0.167. The summed E-state index contributed by atoms with van der Waals surface area (Å²) in [5.74, 6) is -6.87. The Balaban J connectivity index is 2.60. The maximum absolute atomic E-state index is 14.5. The van der Waals surface area contributed by atoms with Gasteiger partial charge in [0.15, 0.2) is 0 Å². The van der Waals surface area contributed by atoms with Gasteiger partial charge < -0.3 is 10.2 Å². The van der Waals surface area contributed by atoms with E-state index in [1.807, 2.05) is 0 Å². The number of allylic oxidation sites excluding steroid dienone is 1. The van der Waals surface area contributed by atoms with Gasteiger partial charge in [0, 0.05) is 10.6 Å². The molecule has 2 aromatic carbocycles. The zero-order valence-corrected chi connectivity index (χ0v) is 14.7. The third kappa shape index (κ3) is 5.41. The van der Waals surface area contributed by atoms with E-state index in [0.717, 1.165) is 12.1 Å². The molecule has 0 aliphatic carbocycles. The molecule has 1 atom stereocenters. The second-order valence-electron chi connectivity index (χ2n) is 5.84. The molecule has 0 aromatic heterocycles. The number of hydrogen-bond acceptors (Lipinski definition) is 2. The van der Waals surface area contributed by atoms with Gasteiger partial charge in [0.1, 0.15) is 17.5 Å². The second kappa shape index (κ2) is 7.94. The Morgan fingerprint density at radius 2 is 1.66 bits per heavy atom. The number of rotatable bonds is 4. The number of halogens is 8. The van der Waals surface area contributed by atoms with Gasteiger partial charge in [0.25, 0.3) is 0 Å². The van der Waals surface area contributed by atoms with Crippen LogP contribution in [0.1, 0.15) is 33.0 Å². The third-order valence-corrected chi connectivity index (χ3v) is 3.98. The average Bonchev–Trinajstić information content (AvgIpc) is 2.56. The fourth-order valence-electron chi connectivity index (χ4n) is 2.51. The zero-order chi connectivity index (χ0) is 22.1. The van der Waals surface area contributed by atoms with E-state index in [-0.39, 0.29) is 17.2 Å². The van der Waals surface area contributed by atoms with E-state index in [1.54, 1.807) is 0 Å². The lowest BCUT2D eigenvalue weighted by molar-refractivity contribution is -0.140. The van der Waals surface area contributed by atoms with Crippen LogP contribution in [0, 0.1) is 0 Å². The highest BCUT2D eigenvalue weighted by Gasteiger charge is 2.40. The number of aromatic hydroxyl groups is 1. The number of benzene rings is 2. The standard InChI is InChI=1S/C18H10ClF7O3/c19-10-3-9(4-11(27)6-10)13(17(21,22)23)7-15(20)8-1-2-12(16(28)29)14(5-8)18(24,25)26/h1-7,13,27H,(H,28,29). The Bertz CT molecular complexity index is 945. The Labute approximate surface area is 163 Å². The van der Waals surface area contributed by atoms with Crippen LogP contribution in [0.3, 0.4) is 0 Å². The molecule has 0 heterocycles. The summed E-state index contributed by atoms with van der Waals surface area (Å²) in [5.41, 5.74) is -4.44. The van der Waals surface area contributed by atoms with E-state index in [2.05, 4.69) is 0 Å². The van der Waals surface area contributed by atoms with Crippen molar-refractivity contribution in [3.8, 4) is 5.75 Å². The number of aromatic carboxylic acids is 1. The number of carbonyl (C=O) groups is 1. The Morgan fingerprint density at radius 1 is 1.03 bits per heavy atom. The molecular weight excluding hydrogens is 433 g/mol. The lowest BCUT2D eigenvalue weighted by atomic mass is 9.95. The van der Waals surface area contributed by atoms with Crippen LogP contribution < -0.4 is 0 Å². The summed E-state index contributed by atoms with van der Waals surface area (Å²) in [5, 5.41) is 18.0. The summed E-state index contributed by atoms with van der Waals surface area (Å²) in [6.07, 6.45) is -10.2. The predicted octanol–water partition coefficient (Wildman–Crippen LogP) is 6.42. The SMILES string of the molecule is O=C(O)c1ccc(C(F)=CC(c2cc(O)cc(Cl)c2)C(F)(F)F)cc1C(F)(F)F. The van der Waals surface area contributed by atoms with Crippen molar-refractivity contribution >= 4 is 23.4 Å². The normalized spacial score (nSPS) is 14.0. The molecule has 0 saturated carbocycles. The minimum atomic E-state index is -5.17. The maximum atomic E-state index is 14.5. The van der Waals surface area contributed by atoms with E-state index >= 15 is 0 Å². The first-order chi connectivity index (χ1) is 13.2. The first-order valence-electron chi connectivity index (χ1n) is 7.58. The molecule has 156 valence electrons. The van der Waals surface area contributed by atoms with Crippen LogP contribution in [0.2, 0.25) is 5.02 Å². The third-order valence-electron chi connectivity index (χ3n) is 3.76. The predicted molar refractivity (Wildman–Crippen MR) is 89.4 cm³/mol. The van der Waals surface area contributed by atoms with Crippen LogP contribution in [0.5, 0.6) is 5.75 Å². The quantitative estimate of drug-likeness (QED) is 0.537. The van der Waals surface area contributed by atoms with Crippen molar-refractivity contribution in [3.05, 3.63) is 69.8 Å². The second-order valence-corrected chi connectivity index (χ2v) is 6.28. The number of hydrogen-bond donors (Lipinski definition) is 2. The van der Waals surface area contributed by atoms with Crippen molar-refractivity contribution in [2.75, 3.05) is 0 Å². The van der Waals surface area contributed by atoms with Gasteiger partial charge in [-0.15, -0.1) is 0 Å². The van der Waals surface area contributed by atoms with Crippen LogP contribution >= 0.6 is 11.6 Å². The largest absolute Gasteiger partial charge is 0.508 e. The van der Waals surface area contributed by atoms with Crippen molar-refractivity contribution in [2.24, 2.45) is 0 Å². The molecule has 2 rings (SSSR count). The summed E-state index contributed by atoms with van der Waals surface area (Å²) in [6.45, 7) is 0. The minimum absolute atomic E-state index is 0.0149. The lowest BCUT2D eigenvalue weighted by Crippen LogP contribution is -2.19. The van der Waals surface area contributed by atoms with Crippen molar-refractivity contribution in [1.29, 1.82) is 0 Å². The van der Waals surface area contributed by atoms with E-state index in [9.17, 15) is 40.6 Å². The van der Waals surface area contributed by atoms with Gasteiger partial charge in [-0.2, -0.15) is 26.3 Å². The molecule has 0 radical (unpaired) electrons. The lowest BCUT2D eigenvalue weighted by Gasteiger charge is -2.18. The van der Waals surface area contributed by atoms with Gasteiger partial charge in [-0.05, 0) is 42.0 Å². The van der Waals surface area contributed by atoms with Crippen molar-refractivity contribution in [1.82, 2.24) is 0 Å². The summed E-state index contributed by atoms with van der Waals surface area (Å²) >= 11 is 5.59. The molecule has 0 amide bonds. The highest BCUT2D eigenvalue weighted by Crippen LogP contribution is 2.41. The molecule has 2 N–H and O–H groups in total. The van der Waals surface area contributed by atoms with Gasteiger partial charge in [-0.25, -0.2) is 9.18 Å². The number of alkyl halides is 6. The molecule has 0 aliphatic heterocycles. The molecule has 2 aromatic rings. The first kappa shape index (κ1) is 22.5. The summed E-state index contributed by atoms with van der Waals surface area (Å²) in [7, 11) is 0. The number of carboxylic acids is 1. The van der Waals surface area contributed by atoms with Gasteiger partial charge in [0.2, 0.25) is 0 Å². The van der Waals surface area contributed by atoms with E-state index in [1.165, 1.54) is 0 Å². The van der Waals surface area contributed by atoms with Crippen molar-refractivity contribution in [3.63, 3.8) is 0 Å². The number of phenols is 1. The smallest absolute Gasteiger partial charge is 0.417 e. The molecular formula is C18H10ClF7O3. The van der Waals surface area contributed by atoms with Crippen LogP contribution in [0.4, 0.5) is 30.7 Å². The van der Waals surface area contributed by atoms with Gasteiger partial charge in [-0.1, -0.05) is 17.7 Å². The van der Waals surface area contributed by atoms with Crippen LogP contribution in [0.15, 0.2) is 42.5 Å². The molecule has 3 nitrogen and oxygen atoms in total. The van der Waals surface area contributed by atoms with Crippen LogP contribution in [-0.2, 0) is 6.18 Å². The monoisotopic (exact) mass is 442 g/mol. The molecule has 0 spiro atoms. The molecule has 0 aliphatic rings. The summed E-state index contributed by atoms with van der Waals surface area (Å²) in [4.78, 5) is 10.9. The van der Waals surface area contributed by atoms with Crippen LogP contribution in [0.25, 0.3) is 5.83 Å². The van der Waals surface area contributed by atoms with Crippen molar-refractivity contribution in [2.45, 2.75) is 18.3 Å². The zero-order valence-electron chi connectivity index (χ0n) is 13.9. The maximum Gasteiger partial charge on any atom is 0.417 e. The molecule has 0 saturated heterocycles. The Morgan fingerprint density at radius 3 is 2.14 bits per heavy atom. The molecule has 0 fully saturated rings. The van der Waals surface area contributed by atoms with Crippen LogP contribution in [-0.4, -0.2) is 22.4 Å². The average molecular weight is 443 g/mol. The summed E-state index contributed by atoms with van der Waals surface area (Å²) in [6, 6.07) is 3.62. The van der Waals surface area contributed by atoms with Gasteiger partial charge in [0.05, 0.1) is 11.1 Å². The van der Waals surface area contributed by atoms with Gasteiger partial charge in [-0.3, -0.25) is 0 Å². The topological polar surface area (TPSA) is 57.5 Å². The number of phenolic OH excluding ortho intramolecular Hbond substituents is 1. The van der Waals surface area contributed by atoms with Crippen molar-refractivity contribution < 1.29 is 45.7 Å². The molecule has 0 bridgehead atoms. The Kier molecular flexibility index (Phi) is 6.17. The fourth-order valence-corrected chi connectivity index (χ4v) is 2.75. The molecule has 1 unspecified atom stereocenters. The highest BCUT2D eigenvalue weighted by atomic mass is 35.5. The highest BCUT2D eigenvalue weighted by molar-refractivity contribution is 6.30. The number of carboxylic acid groups (broad SMARTS) is 1. The minimum Gasteiger partial charge on any atom is -0.508 e. The van der Waals surface area contributed by atoms with E-state index in [4.69, 9.17) is 16.7 Å². The molecule has 11 heteroatoms.